The molecule has 0 unspecified atom stereocenters. The van der Waals surface area contributed by atoms with Gasteiger partial charge >= 0.3 is 0 Å². The Hall–Kier alpha value is -3.88. The number of sulfone groups is 1. The first-order chi connectivity index (χ1) is 20.1. The SMILES string of the molecule is Cc1ccc(CCCCS(C)(=O)=O)o1.Cc1cccc(COc2ccc(Nc3ncnc4ccc(C)cc34)cc2Cl)c1. The summed E-state index contributed by atoms with van der Waals surface area (Å²) in [5.41, 5.74) is 5.21. The van der Waals surface area contributed by atoms with E-state index in [9.17, 15) is 8.42 Å². The quantitative estimate of drug-likeness (QED) is 0.160. The summed E-state index contributed by atoms with van der Waals surface area (Å²) < 4.78 is 32.9. The van der Waals surface area contributed by atoms with E-state index in [1.807, 2.05) is 68.4 Å². The number of hydrogen-bond acceptors (Lipinski definition) is 7. The molecule has 2 aromatic heterocycles. The van der Waals surface area contributed by atoms with Gasteiger partial charge < -0.3 is 14.5 Å². The molecule has 2 heterocycles. The van der Waals surface area contributed by atoms with Crippen molar-refractivity contribution < 1.29 is 17.6 Å². The normalized spacial score (nSPS) is 11.2. The number of nitrogens with one attached hydrogen (secondary N) is 1. The molecule has 0 saturated heterocycles. The van der Waals surface area contributed by atoms with Gasteiger partial charge in [-0.15, -0.1) is 0 Å². The van der Waals surface area contributed by atoms with Gasteiger partial charge in [0.25, 0.3) is 0 Å². The first-order valence-corrected chi connectivity index (χ1v) is 16.2. The molecule has 1 N–H and O–H groups in total. The van der Waals surface area contributed by atoms with E-state index in [-0.39, 0.29) is 5.75 Å². The summed E-state index contributed by atoms with van der Waals surface area (Å²) in [4.78, 5) is 8.70. The topological polar surface area (TPSA) is 94.3 Å². The molecule has 42 heavy (non-hydrogen) atoms. The second-order valence-electron chi connectivity index (χ2n) is 10.4. The Morgan fingerprint density at radius 3 is 2.43 bits per heavy atom. The highest BCUT2D eigenvalue weighted by molar-refractivity contribution is 7.90. The number of anilines is 2. The van der Waals surface area contributed by atoms with Crippen molar-refractivity contribution >= 4 is 43.8 Å². The molecule has 5 rings (SSSR count). The maximum atomic E-state index is 10.8. The van der Waals surface area contributed by atoms with E-state index in [4.69, 9.17) is 20.8 Å². The largest absolute Gasteiger partial charge is 0.487 e. The minimum Gasteiger partial charge on any atom is -0.487 e. The summed E-state index contributed by atoms with van der Waals surface area (Å²) >= 11 is 6.44. The second-order valence-corrected chi connectivity index (χ2v) is 13.1. The zero-order valence-electron chi connectivity index (χ0n) is 24.4. The van der Waals surface area contributed by atoms with Gasteiger partial charge in [0.15, 0.2) is 0 Å². The number of fused-ring (bicyclic) bond motifs is 1. The zero-order valence-corrected chi connectivity index (χ0v) is 25.9. The first-order valence-electron chi connectivity index (χ1n) is 13.7. The summed E-state index contributed by atoms with van der Waals surface area (Å²) in [5, 5.41) is 4.85. The maximum absolute atomic E-state index is 10.8. The summed E-state index contributed by atoms with van der Waals surface area (Å²) in [6.07, 6.45) is 5.22. The van der Waals surface area contributed by atoms with E-state index < -0.39 is 9.84 Å². The van der Waals surface area contributed by atoms with Crippen molar-refractivity contribution in [3.05, 3.63) is 112 Å². The fraction of sp³-hybridized carbons (Fsp3) is 0.273. The smallest absolute Gasteiger partial charge is 0.147 e. The van der Waals surface area contributed by atoms with E-state index in [1.54, 1.807) is 6.33 Å². The molecule has 0 amide bonds. The van der Waals surface area contributed by atoms with Crippen molar-refractivity contribution in [2.24, 2.45) is 0 Å². The number of unbranched alkanes of at least 4 members (excludes halogenated alkanes) is 1. The molecule has 3 aromatic carbocycles. The van der Waals surface area contributed by atoms with Crippen LogP contribution in [-0.4, -0.2) is 30.4 Å². The van der Waals surface area contributed by atoms with E-state index in [0.29, 0.717) is 23.8 Å². The highest BCUT2D eigenvalue weighted by Gasteiger charge is 2.08. The van der Waals surface area contributed by atoms with Crippen molar-refractivity contribution in [3.63, 3.8) is 0 Å². The van der Waals surface area contributed by atoms with Crippen LogP contribution in [0.4, 0.5) is 11.5 Å². The van der Waals surface area contributed by atoms with Gasteiger partial charge in [0.05, 0.1) is 10.5 Å². The second kappa shape index (κ2) is 14.3. The third-order valence-electron chi connectivity index (χ3n) is 6.45. The number of hydrogen-bond donors (Lipinski definition) is 1. The number of benzene rings is 3. The van der Waals surface area contributed by atoms with Crippen molar-refractivity contribution in [3.8, 4) is 5.75 Å². The Labute approximate surface area is 252 Å². The number of halogens is 1. The third kappa shape index (κ3) is 9.60. The van der Waals surface area contributed by atoms with Gasteiger partial charge in [-0.2, -0.15) is 0 Å². The molecule has 0 radical (unpaired) electrons. The van der Waals surface area contributed by atoms with E-state index in [2.05, 4.69) is 40.4 Å². The number of nitrogens with zero attached hydrogens (tertiary/aromatic N) is 2. The van der Waals surface area contributed by atoms with Gasteiger partial charge in [-0.05, 0) is 81.6 Å². The van der Waals surface area contributed by atoms with Gasteiger partial charge in [0, 0.05) is 29.5 Å². The van der Waals surface area contributed by atoms with Crippen LogP contribution in [0.25, 0.3) is 10.9 Å². The predicted molar refractivity (Wildman–Crippen MR) is 171 cm³/mol. The lowest BCUT2D eigenvalue weighted by molar-refractivity contribution is 0.306. The summed E-state index contributed by atoms with van der Waals surface area (Å²) in [7, 11) is -2.80. The minimum atomic E-state index is -2.80. The molecular weight excluding hydrogens is 570 g/mol. The molecule has 0 aliphatic rings. The number of rotatable bonds is 10. The van der Waals surface area contributed by atoms with Crippen molar-refractivity contribution in [1.29, 1.82) is 0 Å². The molecule has 0 atom stereocenters. The van der Waals surface area contributed by atoms with Crippen LogP contribution in [0.15, 0.2) is 83.5 Å². The van der Waals surface area contributed by atoms with Gasteiger partial charge in [-0.25, -0.2) is 18.4 Å². The summed E-state index contributed by atoms with van der Waals surface area (Å²) in [6, 6.07) is 23.8. The van der Waals surface area contributed by atoms with E-state index in [0.717, 1.165) is 57.9 Å². The number of aromatic nitrogens is 2. The molecule has 0 aliphatic carbocycles. The Balaban J connectivity index is 0.000000244. The Morgan fingerprint density at radius 1 is 0.905 bits per heavy atom. The van der Waals surface area contributed by atoms with E-state index in [1.165, 1.54) is 11.8 Å². The molecule has 220 valence electrons. The van der Waals surface area contributed by atoms with Crippen LogP contribution < -0.4 is 10.1 Å². The van der Waals surface area contributed by atoms with Crippen LogP contribution in [0.1, 0.15) is 41.1 Å². The van der Waals surface area contributed by atoms with Crippen molar-refractivity contribution in [2.75, 3.05) is 17.3 Å². The fourth-order valence-electron chi connectivity index (χ4n) is 4.35. The molecule has 0 fully saturated rings. The van der Waals surface area contributed by atoms with Crippen LogP contribution in [-0.2, 0) is 22.9 Å². The van der Waals surface area contributed by atoms with Gasteiger partial charge in [0.1, 0.15) is 45.9 Å². The lowest BCUT2D eigenvalue weighted by Gasteiger charge is -2.12. The van der Waals surface area contributed by atoms with Crippen molar-refractivity contribution in [2.45, 2.75) is 46.6 Å². The highest BCUT2D eigenvalue weighted by Crippen LogP contribution is 2.31. The predicted octanol–water partition coefficient (Wildman–Crippen LogP) is 8.18. The van der Waals surface area contributed by atoms with Gasteiger partial charge in [-0.3, -0.25) is 0 Å². The Bertz CT molecular complexity index is 1750. The molecule has 9 heteroatoms. The standard InChI is InChI=1S/C23H20ClN3O.C10H16O3S/c1-15-4-3-5-17(10-15)13-28-22-9-7-18(12-20(22)24)27-23-19-11-16(2)6-8-21(19)25-14-26-23;1-9-6-7-10(13-9)5-3-4-8-14(2,11)12/h3-12,14H,13H2,1-2H3,(H,25,26,27);6-7H,3-5,8H2,1-2H3. The van der Waals surface area contributed by atoms with Gasteiger partial charge in [0.2, 0.25) is 0 Å². The minimum absolute atomic E-state index is 0.271. The monoisotopic (exact) mass is 605 g/mol. The summed E-state index contributed by atoms with van der Waals surface area (Å²) in [5.74, 6) is 3.52. The first kappa shape index (κ1) is 31.1. The zero-order chi connectivity index (χ0) is 30.1. The third-order valence-corrected chi connectivity index (χ3v) is 7.77. The molecule has 0 bridgehead atoms. The molecule has 0 saturated carbocycles. The van der Waals surface area contributed by atoms with Crippen LogP contribution in [0.3, 0.4) is 0 Å². The summed E-state index contributed by atoms with van der Waals surface area (Å²) in [6.45, 7) is 6.49. The fourth-order valence-corrected chi connectivity index (χ4v) is 5.31. The Morgan fingerprint density at radius 2 is 1.71 bits per heavy atom. The number of ether oxygens (including phenoxy) is 1. The molecule has 0 aliphatic heterocycles. The van der Waals surface area contributed by atoms with Gasteiger partial charge in [-0.1, -0.05) is 53.1 Å². The average Bonchev–Trinajstić information content (AvgIpc) is 3.36. The Kier molecular flexibility index (Phi) is 10.6. The molecule has 7 nitrogen and oxygen atoms in total. The van der Waals surface area contributed by atoms with E-state index >= 15 is 0 Å². The average molecular weight is 606 g/mol. The van der Waals surface area contributed by atoms with Crippen molar-refractivity contribution in [1.82, 2.24) is 9.97 Å². The number of furan rings is 1. The highest BCUT2D eigenvalue weighted by atomic mass is 35.5. The van der Waals surface area contributed by atoms with Crippen LogP contribution in [0, 0.1) is 20.8 Å². The van der Waals surface area contributed by atoms with Crippen LogP contribution in [0.5, 0.6) is 5.75 Å². The molecule has 5 aromatic rings. The molecule has 0 spiro atoms. The van der Waals surface area contributed by atoms with Crippen LogP contribution in [0.2, 0.25) is 5.02 Å². The maximum Gasteiger partial charge on any atom is 0.147 e. The lowest BCUT2D eigenvalue weighted by atomic mass is 10.1. The lowest BCUT2D eigenvalue weighted by Crippen LogP contribution is -2.02. The molecular formula is C33H36ClN3O4S. The van der Waals surface area contributed by atoms with Crippen LogP contribution >= 0.6 is 11.6 Å². The number of aryl methyl sites for hydroxylation is 4.